The number of ether oxygens (including phenoxy) is 2. The highest BCUT2D eigenvalue weighted by atomic mass is 16.6. The van der Waals surface area contributed by atoms with E-state index in [-0.39, 0.29) is 12.2 Å². The third kappa shape index (κ3) is 6.69. The zero-order valence-electron chi connectivity index (χ0n) is 14.1. The summed E-state index contributed by atoms with van der Waals surface area (Å²) in [7, 11) is 0. The number of hydrogen-bond acceptors (Lipinski definition) is 4. The zero-order valence-corrected chi connectivity index (χ0v) is 14.1. The average molecular weight is 300 g/mol. The molecule has 0 atom stereocenters. The van der Waals surface area contributed by atoms with Crippen LogP contribution >= 0.6 is 0 Å². The Morgan fingerprint density at radius 1 is 0.714 bits per heavy atom. The normalized spacial score (nSPS) is 17.2. The Kier molecular flexibility index (Phi) is 5.48. The molecule has 0 N–H and O–H groups in total. The van der Waals surface area contributed by atoms with Crippen LogP contribution in [0.25, 0.3) is 0 Å². The lowest BCUT2D eigenvalue weighted by Gasteiger charge is -2.27. The summed E-state index contributed by atoms with van der Waals surface area (Å²) in [6.45, 7) is 13.2. The first-order valence-corrected chi connectivity index (χ1v) is 7.44. The van der Waals surface area contributed by atoms with E-state index in [0.29, 0.717) is 26.2 Å². The summed E-state index contributed by atoms with van der Waals surface area (Å²) in [5.74, 6) is 0. The first-order chi connectivity index (χ1) is 9.48. The highest BCUT2D eigenvalue weighted by Crippen LogP contribution is 2.14. The van der Waals surface area contributed by atoms with Crippen molar-refractivity contribution in [1.29, 1.82) is 0 Å². The van der Waals surface area contributed by atoms with Crippen molar-refractivity contribution in [3.63, 3.8) is 0 Å². The van der Waals surface area contributed by atoms with Crippen LogP contribution in [0.4, 0.5) is 9.59 Å². The van der Waals surface area contributed by atoms with Crippen molar-refractivity contribution in [1.82, 2.24) is 9.80 Å². The van der Waals surface area contributed by atoms with Gasteiger partial charge in [0.15, 0.2) is 0 Å². The molecule has 1 heterocycles. The van der Waals surface area contributed by atoms with Crippen LogP contribution in [0.15, 0.2) is 0 Å². The van der Waals surface area contributed by atoms with Crippen LogP contribution in [0.2, 0.25) is 0 Å². The maximum absolute atomic E-state index is 12.0. The summed E-state index contributed by atoms with van der Waals surface area (Å²) in [6.07, 6.45) is 0.0699. The standard InChI is InChI=1S/C15H28N2O4/c1-14(2,3)20-12(18)16-8-7-9-17(11-10-16)13(19)21-15(4,5)6/h7-11H2,1-6H3. The van der Waals surface area contributed by atoms with Gasteiger partial charge >= 0.3 is 12.2 Å². The molecule has 2 amide bonds. The van der Waals surface area contributed by atoms with Crippen LogP contribution in [0.5, 0.6) is 0 Å². The van der Waals surface area contributed by atoms with Gasteiger partial charge in [0.05, 0.1) is 0 Å². The first-order valence-electron chi connectivity index (χ1n) is 7.44. The summed E-state index contributed by atoms with van der Waals surface area (Å²) >= 11 is 0. The predicted octanol–water partition coefficient (Wildman–Crippen LogP) is 2.86. The van der Waals surface area contributed by atoms with Crippen LogP contribution in [-0.4, -0.2) is 59.4 Å². The van der Waals surface area contributed by atoms with E-state index >= 15 is 0 Å². The Labute approximate surface area is 127 Å². The smallest absolute Gasteiger partial charge is 0.410 e. The SMILES string of the molecule is CC(C)(C)OC(=O)N1CCCN(C(=O)OC(C)(C)C)CC1. The fourth-order valence-electron chi connectivity index (χ4n) is 1.94. The van der Waals surface area contributed by atoms with Gasteiger partial charge in [0.25, 0.3) is 0 Å². The minimum Gasteiger partial charge on any atom is -0.444 e. The van der Waals surface area contributed by atoms with E-state index in [1.165, 1.54) is 0 Å². The van der Waals surface area contributed by atoms with Crippen LogP contribution in [-0.2, 0) is 9.47 Å². The molecule has 1 rings (SSSR count). The molecule has 1 fully saturated rings. The van der Waals surface area contributed by atoms with Gasteiger partial charge in [-0.3, -0.25) is 0 Å². The Morgan fingerprint density at radius 2 is 1.05 bits per heavy atom. The van der Waals surface area contributed by atoms with Crippen LogP contribution in [0, 0.1) is 0 Å². The molecule has 1 aliphatic rings. The maximum Gasteiger partial charge on any atom is 0.410 e. The van der Waals surface area contributed by atoms with Crippen molar-refractivity contribution in [2.45, 2.75) is 59.2 Å². The van der Waals surface area contributed by atoms with Gasteiger partial charge < -0.3 is 19.3 Å². The summed E-state index contributed by atoms with van der Waals surface area (Å²) in [4.78, 5) is 27.4. The monoisotopic (exact) mass is 300 g/mol. The summed E-state index contributed by atoms with van der Waals surface area (Å²) < 4.78 is 10.7. The lowest BCUT2D eigenvalue weighted by atomic mass is 10.2. The fourth-order valence-corrected chi connectivity index (χ4v) is 1.94. The molecule has 0 bridgehead atoms. The minimum absolute atomic E-state index is 0.325. The molecule has 0 aromatic heterocycles. The molecular weight excluding hydrogens is 272 g/mol. The second kappa shape index (κ2) is 6.54. The predicted molar refractivity (Wildman–Crippen MR) is 80.2 cm³/mol. The number of amides is 2. The van der Waals surface area contributed by atoms with Crippen molar-refractivity contribution in [3.8, 4) is 0 Å². The third-order valence-corrected chi connectivity index (χ3v) is 2.80. The van der Waals surface area contributed by atoms with E-state index in [1.54, 1.807) is 9.80 Å². The van der Waals surface area contributed by atoms with Gasteiger partial charge in [-0.1, -0.05) is 0 Å². The van der Waals surface area contributed by atoms with Crippen LogP contribution in [0.3, 0.4) is 0 Å². The van der Waals surface area contributed by atoms with E-state index in [2.05, 4.69) is 0 Å². The van der Waals surface area contributed by atoms with Gasteiger partial charge in [0.1, 0.15) is 11.2 Å². The second-order valence-electron chi connectivity index (χ2n) is 7.29. The molecule has 0 unspecified atom stereocenters. The first kappa shape index (κ1) is 17.6. The summed E-state index contributed by atoms with van der Waals surface area (Å²) in [6, 6.07) is 0. The highest BCUT2D eigenvalue weighted by Gasteiger charge is 2.28. The summed E-state index contributed by atoms with van der Waals surface area (Å²) in [5.41, 5.74) is -1.01. The van der Waals surface area contributed by atoms with E-state index in [9.17, 15) is 9.59 Å². The fraction of sp³-hybridized carbons (Fsp3) is 0.867. The van der Waals surface area contributed by atoms with Crippen molar-refractivity contribution in [2.24, 2.45) is 0 Å². The van der Waals surface area contributed by atoms with Gasteiger partial charge in [0, 0.05) is 26.2 Å². The van der Waals surface area contributed by atoms with Crippen molar-refractivity contribution in [2.75, 3.05) is 26.2 Å². The Morgan fingerprint density at radius 3 is 1.33 bits per heavy atom. The lowest BCUT2D eigenvalue weighted by Crippen LogP contribution is -2.41. The number of carbonyl (C=O) groups is 2. The molecular formula is C15H28N2O4. The second-order valence-corrected chi connectivity index (χ2v) is 7.29. The summed E-state index contributed by atoms with van der Waals surface area (Å²) in [5, 5.41) is 0. The maximum atomic E-state index is 12.0. The van der Waals surface area contributed by atoms with Gasteiger partial charge in [-0.15, -0.1) is 0 Å². The molecule has 0 aromatic carbocycles. The Hall–Kier alpha value is -1.46. The molecule has 0 radical (unpaired) electrons. The van der Waals surface area contributed by atoms with Gasteiger partial charge in [-0.05, 0) is 48.0 Å². The molecule has 6 nitrogen and oxygen atoms in total. The van der Waals surface area contributed by atoms with E-state index in [1.807, 2.05) is 41.5 Å². The van der Waals surface area contributed by atoms with Gasteiger partial charge in [0.2, 0.25) is 0 Å². The molecule has 21 heavy (non-hydrogen) atoms. The van der Waals surface area contributed by atoms with E-state index in [0.717, 1.165) is 6.42 Å². The molecule has 0 spiro atoms. The lowest BCUT2D eigenvalue weighted by molar-refractivity contribution is 0.0200. The minimum atomic E-state index is -0.506. The van der Waals surface area contributed by atoms with Crippen LogP contribution < -0.4 is 0 Å². The topological polar surface area (TPSA) is 59.1 Å². The van der Waals surface area contributed by atoms with E-state index < -0.39 is 11.2 Å². The molecule has 122 valence electrons. The third-order valence-electron chi connectivity index (χ3n) is 2.80. The number of carbonyl (C=O) groups excluding carboxylic acids is 2. The van der Waals surface area contributed by atoms with Crippen molar-refractivity contribution < 1.29 is 19.1 Å². The van der Waals surface area contributed by atoms with Crippen LogP contribution in [0.1, 0.15) is 48.0 Å². The largest absolute Gasteiger partial charge is 0.444 e. The van der Waals surface area contributed by atoms with Crippen molar-refractivity contribution in [3.05, 3.63) is 0 Å². The molecule has 1 aliphatic heterocycles. The Bertz CT molecular complexity index is 346. The molecule has 0 aliphatic carbocycles. The van der Waals surface area contributed by atoms with E-state index in [4.69, 9.17) is 9.47 Å². The molecule has 6 heteroatoms. The van der Waals surface area contributed by atoms with Gasteiger partial charge in [-0.2, -0.15) is 0 Å². The zero-order chi connectivity index (χ0) is 16.3. The molecule has 0 aromatic rings. The number of hydrogen-bond donors (Lipinski definition) is 0. The Balaban J connectivity index is 2.54. The molecule has 1 saturated heterocycles. The number of nitrogens with zero attached hydrogens (tertiary/aromatic N) is 2. The molecule has 0 saturated carbocycles. The van der Waals surface area contributed by atoms with Crippen molar-refractivity contribution >= 4 is 12.2 Å². The van der Waals surface area contributed by atoms with Gasteiger partial charge in [-0.25, -0.2) is 9.59 Å². The quantitative estimate of drug-likeness (QED) is 0.690. The average Bonchev–Trinajstić information content (AvgIpc) is 2.49. The number of rotatable bonds is 0. The highest BCUT2D eigenvalue weighted by molar-refractivity contribution is 5.70.